The Labute approximate surface area is 314 Å². The fourth-order valence-corrected chi connectivity index (χ4v) is 4.45. The molecule has 5 atom stereocenters. The molecule has 0 saturated carbocycles. The summed E-state index contributed by atoms with van der Waals surface area (Å²) in [5.74, 6) is -3.02. The molecular formula is C35H68N6O10S. The molecule has 12 N–H and O–H groups in total. The number of nitrogens with one attached hydrogen (secondary N) is 5. The molecule has 304 valence electrons. The van der Waals surface area contributed by atoms with E-state index in [1.807, 2.05) is 43.5 Å². The van der Waals surface area contributed by atoms with Crippen LogP contribution in [0.25, 0.3) is 0 Å². The summed E-state index contributed by atoms with van der Waals surface area (Å²) in [6.07, 6.45) is 8.86. The Hall–Kier alpha value is -3.32. The van der Waals surface area contributed by atoms with Gasteiger partial charge in [-0.05, 0) is 97.9 Å². The van der Waals surface area contributed by atoms with Crippen LogP contribution in [-0.4, -0.2) is 139 Å². The molecule has 0 aliphatic heterocycles. The van der Waals surface area contributed by atoms with E-state index in [9.17, 15) is 24.0 Å². The van der Waals surface area contributed by atoms with Crippen molar-refractivity contribution in [3.05, 3.63) is 35.9 Å². The number of hydrogen-bond donors (Lipinski definition) is 11. The standard InChI is InChI=1S/C10H13NO2.C7H15NO2.C6H14N2O2.C6H13NO2S.C6H13NO2/c1-11-9(10(12)13)7-8-5-3-2-4-6-8;1-3-4-5-6(8-2)7(9)10;1-8-5(6(9)10)3-2-4-7;1-7-5(6(8)9)3-4-10-2;1-3-4-5(7-2)6(8)9/h2-6,9,11H,7H2,1H3,(H,12,13);6,8H,3-5H2,1-2H3,(H,9,10);5,8H,2-4,7H2,1H3,(H,9,10);5,7H,3-4H2,1-2H3,(H,8,9);5,7H,3-4H2,1-2H3,(H,8,9)/t9-;6-;3*5-/m00000/s1. The summed E-state index contributed by atoms with van der Waals surface area (Å²) in [6, 6.07) is 7.53. The van der Waals surface area contributed by atoms with Crippen molar-refractivity contribution in [1.82, 2.24) is 26.6 Å². The second-order valence-electron chi connectivity index (χ2n) is 11.2. The van der Waals surface area contributed by atoms with Gasteiger partial charge in [-0.25, -0.2) is 0 Å². The molecule has 0 unspecified atom stereocenters. The van der Waals surface area contributed by atoms with Gasteiger partial charge in [-0.1, -0.05) is 63.4 Å². The van der Waals surface area contributed by atoms with Crippen LogP contribution in [0.2, 0.25) is 0 Å². The molecule has 1 aromatic carbocycles. The van der Waals surface area contributed by atoms with Crippen LogP contribution in [0.4, 0.5) is 0 Å². The van der Waals surface area contributed by atoms with Crippen molar-refractivity contribution < 1.29 is 49.5 Å². The highest BCUT2D eigenvalue weighted by Gasteiger charge is 2.16. The van der Waals surface area contributed by atoms with Gasteiger partial charge in [-0.3, -0.25) is 24.0 Å². The van der Waals surface area contributed by atoms with Crippen molar-refractivity contribution in [2.24, 2.45) is 5.73 Å². The van der Waals surface area contributed by atoms with Crippen molar-refractivity contribution in [2.75, 3.05) is 53.8 Å². The van der Waals surface area contributed by atoms with E-state index in [0.29, 0.717) is 32.2 Å². The first kappa shape index (κ1) is 55.4. The number of unbranched alkanes of at least 4 members (excludes halogenated alkanes) is 1. The van der Waals surface area contributed by atoms with E-state index in [0.717, 1.165) is 43.4 Å². The van der Waals surface area contributed by atoms with E-state index in [1.54, 1.807) is 47.0 Å². The molecule has 52 heavy (non-hydrogen) atoms. The number of hydrogen-bond acceptors (Lipinski definition) is 12. The third-order valence-corrected chi connectivity index (χ3v) is 7.89. The number of nitrogens with two attached hydrogens (primary N) is 1. The van der Waals surface area contributed by atoms with Crippen LogP contribution in [0.3, 0.4) is 0 Å². The molecule has 0 aromatic heterocycles. The van der Waals surface area contributed by atoms with Crippen LogP contribution in [0.15, 0.2) is 30.3 Å². The summed E-state index contributed by atoms with van der Waals surface area (Å²) < 4.78 is 0. The number of carbonyl (C=O) groups is 5. The van der Waals surface area contributed by atoms with Crippen molar-refractivity contribution in [1.29, 1.82) is 0 Å². The lowest BCUT2D eigenvalue weighted by molar-refractivity contribution is -0.140. The molecule has 0 spiro atoms. The van der Waals surface area contributed by atoms with Crippen LogP contribution >= 0.6 is 11.8 Å². The molecule has 16 nitrogen and oxygen atoms in total. The zero-order valence-electron chi connectivity index (χ0n) is 32.3. The van der Waals surface area contributed by atoms with Crippen LogP contribution in [0.1, 0.15) is 70.8 Å². The smallest absolute Gasteiger partial charge is 0.321 e. The molecule has 1 rings (SSSR count). The predicted octanol–water partition coefficient (Wildman–Crippen LogP) is 2.02. The fourth-order valence-electron chi connectivity index (χ4n) is 3.98. The van der Waals surface area contributed by atoms with Crippen LogP contribution < -0.4 is 32.3 Å². The number of likely N-dealkylation sites (N-methyl/N-ethyl adjacent to an activating group) is 5. The fraction of sp³-hybridized carbons (Fsp3) is 0.686. The van der Waals surface area contributed by atoms with Gasteiger partial charge in [0, 0.05) is 0 Å². The molecule has 17 heteroatoms. The van der Waals surface area contributed by atoms with Crippen LogP contribution in [-0.2, 0) is 30.4 Å². The summed E-state index contributed by atoms with van der Waals surface area (Å²) in [5.41, 5.74) is 6.24. The van der Waals surface area contributed by atoms with E-state index in [1.165, 1.54) is 0 Å². The second-order valence-corrected chi connectivity index (χ2v) is 12.2. The molecule has 1 aromatic rings. The molecule has 0 fully saturated rings. The first-order valence-electron chi connectivity index (χ1n) is 17.4. The Morgan fingerprint density at radius 2 is 0.942 bits per heavy atom. The number of carboxylic acid groups (broad SMARTS) is 5. The Morgan fingerprint density at radius 3 is 1.23 bits per heavy atom. The highest BCUT2D eigenvalue weighted by atomic mass is 32.2. The van der Waals surface area contributed by atoms with Gasteiger partial charge in [0.1, 0.15) is 30.2 Å². The SMILES string of the molecule is CCCC[C@H](NC)C(=O)O.CCC[C@H](NC)C(=O)O.CN[C@@H](CCCN)C(=O)O.CN[C@@H](CCSC)C(=O)O.CN[C@@H](Cc1ccccc1)C(=O)O. The van der Waals surface area contributed by atoms with Crippen LogP contribution in [0, 0.1) is 0 Å². The number of carboxylic acids is 5. The Bertz CT molecular complexity index is 981. The van der Waals surface area contributed by atoms with Crippen LogP contribution in [0.5, 0.6) is 0 Å². The summed E-state index contributed by atoms with van der Waals surface area (Å²) in [4.78, 5) is 52.0. The van der Waals surface area contributed by atoms with Crippen molar-refractivity contribution in [3.63, 3.8) is 0 Å². The molecule has 0 aliphatic rings. The zero-order valence-corrected chi connectivity index (χ0v) is 33.1. The number of aliphatic carboxylic acids is 5. The lowest BCUT2D eigenvalue weighted by atomic mass is 10.1. The minimum Gasteiger partial charge on any atom is -0.480 e. The molecule has 0 amide bonds. The normalized spacial score (nSPS) is 12.9. The van der Waals surface area contributed by atoms with E-state index in [2.05, 4.69) is 33.5 Å². The maximum absolute atomic E-state index is 10.7. The monoisotopic (exact) mass is 764 g/mol. The van der Waals surface area contributed by atoms with Gasteiger partial charge in [0.05, 0.1) is 0 Å². The lowest BCUT2D eigenvalue weighted by Crippen LogP contribution is -2.35. The number of thioether (sulfide) groups is 1. The third-order valence-electron chi connectivity index (χ3n) is 7.25. The number of rotatable bonds is 23. The van der Waals surface area contributed by atoms with Gasteiger partial charge in [-0.15, -0.1) is 0 Å². The van der Waals surface area contributed by atoms with Gasteiger partial charge in [0.25, 0.3) is 0 Å². The molecule has 0 saturated heterocycles. The maximum atomic E-state index is 10.7. The minimum absolute atomic E-state index is 0.361. The molecule has 0 bridgehead atoms. The molecule has 0 heterocycles. The average molecular weight is 765 g/mol. The molecule has 0 aliphatic carbocycles. The summed E-state index contributed by atoms with van der Waals surface area (Å²) >= 11 is 1.66. The second kappa shape index (κ2) is 38.9. The third kappa shape index (κ3) is 33.8. The maximum Gasteiger partial charge on any atom is 0.321 e. The topological polar surface area (TPSA) is 273 Å². The summed E-state index contributed by atoms with van der Waals surface area (Å²) in [7, 11) is 8.29. The first-order chi connectivity index (χ1) is 24.6. The number of benzene rings is 1. The minimum atomic E-state index is -0.814. The van der Waals surface area contributed by atoms with Gasteiger partial charge >= 0.3 is 29.8 Å². The van der Waals surface area contributed by atoms with Gasteiger partial charge < -0.3 is 57.9 Å². The highest BCUT2D eigenvalue weighted by Crippen LogP contribution is 2.03. The largest absolute Gasteiger partial charge is 0.480 e. The van der Waals surface area contributed by atoms with Crippen molar-refractivity contribution in [3.8, 4) is 0 Å². The first-order valence-corrected chi connectivity index (χ1v) is 18.7. The van der Waals surface area contributed by atoms with E-state index in [-0.39, 0.29) is 18.1 Å². The van der Waals surface area contributed by atoms with E-state index < -0.39 is 41.9 Å². The molecule has 0 radical (unpaired) electrons. The summed E-state index contributed by atoms with van der Waals surface area (Å²) in [6.45, 7) is 4.56. The van der Waals surface area contributed by atoms with Crippen molar-refractivity contribution >= 4 is 41.6 Å². The average Bonchev–Trinajstić information content (AvgIpc) is 3.11. The molecular weight excluding hydrogens is 696 g/mol. The Morgan fingerprint density at radius 1 is 0.577 bits per heavy atom. The van der Waals surface area contributed by atoms with Crippen molar-refractivity contribution in [2.45, 2.75) is 102 Å². The quantitative estimate of drug-likeness (QED) is 0.0761. The van der Waals surface area contributed by atoms with Gasteiger partial charge in [-0.2, -0.15) is 11.8 Å². The van der Waals surface area contributed by atoms with Gasteiger partial charge in [0.15, 0.2) is 0 Å². The van der Waals surface area contributed by atoms with Gasteiger partial charge in [0.2, 0.25) is 0 Å². The zero-order chi connectivity index (χ0) is 40.9. The predicted molar refractivity (Wildman–Crippen MR) is 208 cm³/mol. The van der Waals surface area contributed by atoms with E-state index in [4.69, 9.17) is 31.3 Å². The Kier molecular flexibility index (Phi) is 41.5. The van der Waals surface area contributed by atoms with E-state index >= 15 is 0 Å². The highest BCUT2D eigenvalue weighted by molar-refractivity contribution is 7.98. The Balaban J connectivity index is -0.000000279. The lowest BCUT2D eigenvalue weighted by Gasteiger charge is -2.10. The summed E-state index contributed by atoms with van der Waals surface area (Å²) in [5, 5.41) is 56.4.